The fourth-order valence-corrected chi connectivity index (χ4v) is 1.30. The summed E-state index contributed by atoms with van der Waals surface area (Å²) < 4.78 is 4.62. The maximum Gasteiger partial charge on any atom is 0.341 e. The van der Waals surface area contributed by atoms with Gasteiger partial charge in [0.15, 0.2) is 0 Å². The van der Waals surface area contributed by atoms with Crippen LogP contribution in [0.25, 0.3) is 11.3 Å². The highest BCUT2D eigenvalue weighted by molar-refractivity contribution is 5.94. The minimum atomic E-state index is -1.10. The van der Waals surface area contributed by atoms with E-state index in [1.807, 2.05) is 6.07 Å². The molecule has 0 fully saturated rings. The fraction of sp³-hybridized carbons (Fsp3) is 0. The lowest BCUT2D eigenvalue weighted by Crippen LogP contribution is -1.96. The first-order chi connectivity index (χ1) is 7.72. The Bertz CT molecular complexity index is 564. The molecule has 78 valence electrons. The normalized spacial score (nSPS) is 9.69. The maximum atomic E-state index is 10.8. The Hall–Kier alpha value is -2.61. The van der Waals surface area contributed by atoms with E-state index >= 15 is 0 Å². The Morgan fingerprint density at radius 3 is 2.62 bits per heavy atom. The second kappa shape index (κ2) is 3.87. The molecule has 5 nitrogen and oxygen atoms in total. The van der Waals surface area contributed by atoms with Crippen LogP contribution in [0, 0.1) is 11.3 Å². The Morgan fingerprint density at radius 2 is 2.06 bits per heavy atom. The van der Waals surface area contributed by atoms with Crippen molar-refractivity contribution in [1.29, 1.82) is 5.26 Å². The molecule has 0 aliphatic rings. The van der Waals surface area contributed by atoms with Crippen LogP contribution in [0.2, 0.25) is 0 Å². The van der Waals surface area contributed by atoms with Gasteiger partial charge < -0.3 is 9.63 Å². The molecule has 0 aliphatic heterocycles. The summed E-state index contributed by atoms with van der Waals surface area (Å²) in [5.74, 6) is -1.10. The van der Waals surface area contributed by atoms with Gasteiger partial charge in [0.25, 0.3) is 0 Å². The number of carboxylic acid groups (broad SMARTS) is 1. The molecule has 2 aromatic rings. The molecule has 1 N–H and O–H groups in total. The van der Waals surface area contributed by atoms with Gasteiger partial charge in [-0.2, -0.15) is 5.26 Å². The summed E-state index contributed by atoms with van der Waals surface area (Å²) in [7, 11) is 0. The molecule has 16 heavy (non-hydrogen) atoms. The quantitative estimate of drug-likeness (QED) is 0.824. The molecule has 1 aromatic heterocycles. The molecule has 0 unspecified atom stereocenters. The van der Waals surface area contributed by atoms with Gasteiger partial charge in [0.2, 0.25) is 0 Å². The summed E-state index contributed by atoms with van der Waals surface area (Å²) in [6, 6.07) is 8.42. The summed E-state index contributed by atoms with van der Waals surface area (Å²) in [6.45, 7) is 0. The number of aromatic carboxylic acids is 1. The SMILES string of the molecule is N#Cc1ccc(-c2nocc2C(=O)O)cc1. The number of nitrogens with zero attached hydrogens (tertiary/aromatic N) is 2. The van der Waals surface area contributed by atoms with E-state index in [1.165, 1.54) is 0 Å². The van der Waals surface area contributed by atoms with Gasteiger partial charge in [-0.05, 0) is 12.1 Å². The summed E-state index contributed by atoms with van der Waals surface area (Å²) in [4.78, 5) is 10.8. The van der Waals surface area contributed by atoms with E-state index in [1.54, 1.807) is 24.3 Å². The van der Waals surface area contributed by atoms with Gasteiger partial charge in [-0.25, -0.2) is 4.79 Å². The second-order valence-corrected chi connectivity index (χ2v) is 3.07. The number of aromatic nitrogens is 1. The molecule has 1 aromatic carbocycles. The number of hydrogen-bond acceptors (Lipinski definition) is 4. The van der Waals surface area contributed by atoms with E-state index in [0.717, 1.165) is 6.26 Å². The lowest BCUT2D eigenvalue weighted by Gasteiger charge is -1.97. The molecule has 2 rings (SSSR count). The first-order valence-electron chi connectivity index (χ1n) is 4.40. The van der Waals surface area contributed by atoms with Crippen LogP contribution in [0.5, 0.6) is 0 Å². The Labute approximate surface area is 90.5 Å². The lowest BCUT2D eigenvalue weighted by molar-refractivity contribution is 0.0697. The Morgan fingerprint density at radius 1 is 1.38 bits per heavy atom. The number of carboxylic acids is 1. The van der Waals surface area contributed by atoms with Gasteiger partial charge in [0.05, 0.1) is 11.6 Å². The van der Waals surface area contributed by atoms with E-state index in [0.29, 0.717) is 11.1 Å². The maximum absolute atomic E-state index is 10.8. The minimum absolute atomic E-state index is 0.00436. The van der Waals surface area contributed by atoms with Crippen molar-refractivity contribution in [1.82, 2.24) is 5.16 Å². The molecule has 0 atom stereocenters. The first kappa shape index (κ1) is 9.93. The molecule has 0 aliphatic carbocycles. The zero-order chi connectivity index (χ0) is 11.5. The lowest BCUT2D eigenvalue weighted by atomic mass is 10.1. The first-order valence-corrected chi connectivity index (χ1v) is 4.40. The molecular formula is C11H6N2O3. The van der Waals surface area contributed by atoms with Crippen LogP contribution < -0.4 is 0 Å². The van der Waals surface area contributed by atoms with E-state index in [-0.39, 0.29) is 11.3 Å². The third kappa shape index (κ3) is 1.64. The van der Waals surface area contributed by atoms with Gasteiger partial charge >= 0.3 is 5.97 Å². The summed E-state index contributed by atoms with van der Waals surface area (Å²) in [6.07, 6.45) is 1.08. The van der Waals surface area contributed by atoms with Crippen molar-refractivity contribution in [2.24, 2.45) is 0 Å². The van der Waals surface area contributed by atoms with Crippen molar-refractivity contribution in [3.05, 3.63) is 41.7 Å². The minimum Gasteiger partial charge on any atom is -0.477 e. The standard InChI is InChI=1S/C11H6N2O3/c12-5-7-1-3-8(4-2-7)10-9(11(14)15)6-16-13-10/h1-4,6H,(H,14,15). The number of hydrogen-bond donors (Lipinski definition) is 1. The van der Waals surface area contributed by atoms with Crippen molar-refractivity contribution in [2.75, 3.05) is 0 Å². The summed E-state index contributed by atoms with van der Waals surface area (Å²) >= 11 is 0. The largest absolute Gasteiger partial charge is 0.477 e. The van der Waals surface area contributed by atoms with Gasteiger partial charge in [-0.3, -0.25) is 0 Å². The molecule has 0 amide bonds. The smallest absolute Gasteiger partial charge is 0.341 e. The van der Waals surface area contributed by atoms with Crippen LogP contribution in [-0.4, -0.2) is 16.2 Å². The molecule has 5 heteroatoms. The molecule has 0 radical (unpaired) electrons. The molecule has 1 heterocycles. The van der Waals surface area contributed by atoms with Crippen LogP contribution in [0.4, 0.5) is 0 Å². The highest BCUT2D eigenvalue weighted by Crippen LogP contribution is 2.22. The monoisotopic (exact) mass is 214 g/mol. The summed E-state index contributed by atoms with van der Waals surface area (Å²) in [5.41, 5.74) is 1.37. The third-order valence-corrected chi connectivity index (χ3v) is 2.09. The predicted octanol–water partition coefficient (Wildman–Crippen LogP) is 1.91. The van der Waals surface area contributed by atoms with Crippen molar-refractivity contribution >= 4 is 5.97 Å². The fourth-order valence-electron chi connectivity index (χ4n) is 1.30. The van der Waals surface area contributed by atoms with Crippen molar-refractivity contribution in [3.63, 3.8) is 0 Å². The third-order valence-electron chi connectivity index (χ3n) is 2.09. The topological polar surface area (TPSA) is 87.1 Å². The number of benzene rings is 1. The van der Waals surface area contributed by atoms with Crippen LogP contribution in [0.1, 0.15) is 15.9 Å². The predicted molar refractivity (Wildman–Crippen MR) is 53.6 cm³/mol. The van der Waals surface area contributed by atoms with Crippen LogP contribution in [0.15, 0.2) is 35.1 Å². The summed E-state index contributed by atoms with van der Waals surface area (Å²) in [5, 5.41) is 21.1. The highest BCUT2D eigenvalue weighted by Gasteiger charge is 2.15. The van der Waals surface area contributed by atoms with Gasteiger partial charge in [-0.15, -0.1) is 0 Å². The number of carbonyl (C=O) groups is 1. The number of rotatable bonds is 2. The number of nitriles is 1. The Kier molecular flexibility index (Phi) is 2.40. The van der Waals surface area contributed by atoms with E-state index in [2.05, 4.69) is 9.68 Å². The van der Waals surface area contributed by atoms with Gasteiger partial charge in [-0.1, -0.05) is 17.3 Å². The highest BCUT2D eigenvalue weighted by atomic mass is 16.5. The zero-order valence-corrected chi connectivity index (χ0v) is 8.04. The molecular weight excluding hydrogens is 208 g/mol. The average molecular weight is 214 g/mol. The van der Waals surface area contributed by atoms with Crippen LogP contribution >= 0.6 is 0 Å². The average Bonchev–Trinajstić information content (AvgIpc) is 2.78. The van der Waals surface area contributed by atoms with Crippen LogP contribution in [0.3, 0.4) is 0 Å². The second-order valence-electron chi connectivity index (χ2n) is 3.07. The van der Waals surface area contributed by atoms with Gasteiger partial charge in [0, 0.05) is 5.56 Å². The molecule has 0 bridgehead atoms. The van der Waals surface area contributed by atoms with E-state index < -0.39 is 5.97 Å². The van der Waals surface area contributed by atoms with E-state index in [4.69, 9.17) is 10.4 Å². The van der Waals surface area contributed by atoms with E-state index in [9.17, 15) is 4.79 Å². The molecule has 0 saturated heterocycles. The molecule has 0 saturated carbocycles. The zero-order valence-electron chi connectivity index (χ0n) is 8.04. The Balaban J connectivity index is 2.47. The van der Waals surface area contributed by atoms with Crippen molar-refractivity contribution in [3.8, 4) is 17.3 Å². The van der Waals surface area contributed by atoms with Crippen LogP contribution in [-0.2, 0) is 0 Å². The van der Waals surface area contributed by atoms with Crippen molar-refractivity contribution < 1.29 is 14.4 Å². The molecule has 0 spiro atoms. The van der Waals surface area contributed by atoms with Crippen molar-refractivity contribution in [2.45, 2.75) is 0 Å². The van der Waals surface area contributed by atoms with Gasteiger partial charge in [0.1, 0.15) is 17.5 Å².